The van der Waals surface area contributed by atoms with Gasteiger partial charge in [-0.1, -0.05) is 48.0 Å². The molecule has 0 aliphatic carbocycles. The minimum atomic E-state index is -0.281. The van der Waals surface area contributed by atoms with Crippen LogP contribution in [0.5, 0.6) is 0 Å². The highest BCUT2D eigenvalue weighted by Crippen LogP contribution is 2.26. The average Bonchev–Trinajstić information content (AvgIpc) is 3.17. The van der Waals surface area contributed by atoms with Gasteiger partial charge in [-0.25, -0.2) is 0 Å². The van der Waals surface area contributed by atoms with Crippen LogP contribution < -0.4 is 11.1 Å². The molecule has 4 N–H and O–H groups in total. The van der Waals surface area contributed by atoms with Gasteiger partial charge in [0.15, 0.2) is 12.0 Å². The Morgan fingerprint density at radius 1 is 1.23 bits per heavy atom. The number of nitrogens with zero attached hydrogens (tertiary/aromatic N) is 3. The number of piperidine rings is 1. The summed E-state index contributed by atoms with van der Waals surface area (Å²) in [6.07, 6.45) is 4.62. The Kier molecular flexibility index (Phi) is 6.10. The van der Waals surface area contributed by atoms with Crippen molar-refractivity contribution >= 4 is 23.3 Å². The number of rotatable bonds is 5. The molecule has 158 valence electrons. The van der Waals surface area contributed by atoms with Gasteiger partial charge in [0.25, 0.3) is 5.91 Å². The Bertz CT molecular complexity index is 1100. The number of benzene rings is 2. The fourth-order valence-corrected chi connectivity index (χ4v) is 3.99. The third kappa shape index (κ3) is 4.81. The van der Waals surface area contributed by atoms with Crippen LogP contribution in [0, 0.1) is 11.5 Å². The Hall–Kier alpha value is -3.50. The molecule has 2 heterocycles. The number of hydrogen-bond acceptors (Lipinski definition) is 5. The largest absolute Gasteiger partial charge is 0.382 e. The highest BCUT2D eigenvalue weighted by atomic mass is 35.5. The van der Waals surface area contributed by atoms with Crippen molar-refractivity contribution in [3.05, 3.63) is 70.2 Å². The average molecular weight is 435 g/mol. The van der Waals surface area contributed by atoms with Crippen LogP contribution in [0.25, 0.3) is 11.3 Å². The van der Waals surface area contributed by atoms with E-state index in [-0.39, 0.29) is 17.8 Å². The van der Waals surface area contributed by atoms with E-state index in [1.165, 1.54) is 5.56 Å². The number of carbonyl (C=O) groups is 1. The lowest BCUT2D eigenvalue weighted by atomic mass is 10.0. The van der Waals surface area contributed by atoms with Crippen LogP contribution in [0.2, 0.25) is 5.02 Å². The van der Waals surface area contributed by atoms with Gasteiger partial charge in [-0.15, -0.1) is 0 Å². The number of anilines is 1. The lowest BCUT2D eigenvalue weighted by molar-refractivity contribution is 0.0920. The van der Waals surface area contributed by atoms with E-state index >= 15 is 0 Å². The Labute approximate surface area is 185 Å². The molecule has 2 aromatic carbocycles. The number of hydrogen-bond donors (Lipinski definition) is 3. The van der Waals surface area contributed by atoms with Gasteiger partial charge < -0.3 is 16.0 Å². The number of nitriles is 1. The van der Waals surface area contributed by atoms with E-state index in [0.29, 0.717) is 17.8 Å². The van der Waals surface area contributed by atoms with Crippen molar-refractivity contribution in [2.24, 2.45) is 0 Å². The summed E-state index contributed by atoms with van der Waals surface area (Å²) in [5.74, 6) is -0.123. The monoisotopic (exact) mass is 434 g/mol. The van der Waals surface area contributed by atoms with E-state index in [9.17, 15) is 4.79 Å². The Balaban J connectivity index is 1.49. The van der Waals surface area contributed by atoms with E-state index in [1.807, 2.05) is 48.5 Å². The molecular weight excluding hydrogens is 412 g/mol. The van der Waals surface area contributed by atoms with E-state index in [4.69, 9.17) is 22.6 Å². The summed E-state index contributed by atoms with van der Waals surface area (Å²) >= 11 is 5.95. The van der Waals surface area contributed by atoms with Crippen molar-refractivity contribution in [3.8, 4) is 17.5 Å². The van der Waals surface area contributed by atoms with Gasteiger partial charge in [-0.3, -0.25) is 9.89 Å². The van der Waals surface area contributed by atoms with E-state index in [1.54, 1.807) is 4.90 Å². The molecule has 31 heavy (non-hydrogen) atoms. The molecule has 1 saturated heterocycles. The standard InChI is InChI=1S/C23H23ClN6O/c24-18-9-5-16(6-10-18)12-15-3-7-17(8-4-15)21-20(22(26)29-28-21)23(31)27-19-2-1-11-30(13-19)14-25/h3-10,19H,1-2,11-13H2,(H,27,31)(H3,26,28,29). The second kappa shape index (κ2) is 9.11. The molecule has 8 heteroatoms. The maximum atomic E-state index is 13.0. The van der Waals surface area contributed by atoms with Crippen molar-refractivity contribution < 1.29 is 4.79 Å². The van der Waals surface area contributed by atoms with Crippen LogP contribution in [-0.2, 0) is 6.42 Å². The molecule has 1 unspecified atom stereocenters. The summed E-state index contributed by atoms with van der Waals surface area (Å²) in [7, 11) is 0. The van der Waals surface area contributed by atoms with E-state index in [2.05, 4.69) is 21.7 Å². The topological polar surface area (TPSA) is 111 Å². The number of H-pyrrole nitrogens is 1. The molecule has 4 rings (SSSR count). The second-order valence-corrected chi connectivity index (χ2v) is 8.15. The minimum absolute atomic E-state index is 0.0928. The number of nitrogen functional groups attached to an aromatic ring is 1. The minimum Gasteiger partial charge on any atom is -0.382 e. The fraction of sp³-hybridized carbons (Fsp3) is 0.261. The lowest BCUT2D eigenvalue weighted by Gasteiger charge is -2.29. The molecule has 1 atom stereocenters. The van der Waals surface area contributed by atoms with Crippen molar-refractivity contribution in [1.29, 1.82) is 5.26 Å². The van der Waals surface area contributed by atoms with Crippen molar-refractivity contribution in [2.75, 3.05) is 18.8 Å². The molecule has 1 aromatic heterocycles. The number of aromatic amines is 1. The summed E-state index contributed by atoms with van der Waals surface area (Å²) in [5, 5.41) is 19.8. The van der Waals surface area contributed by atoms with E-state index in [0.717, 1.165) is 42.0 Å². The molecule has 0 spiro atoms. The molecule has 1 aliphatic heterocycles. The zero-order valence-corrected chi connectivity index (χ0v) is 17.7. The normalized spacial score (nSPS) is 16.0. The molecule has 1 fully saturated rings. The molecule has 0 radical (unpaired) electrons. The van der Waals surface area contributed by atoms with Crippen molar-refractivity contribution in [1.82, 2.24) is 20.4 Å². The molecular formula is C23H23ClN6O. The quantitative estimate of drug-likeness (QED) is 0.531. The highest BCUT2D eigenvalue weighted by molar-refractivity contribution is 6.30. The van der Waals surface area contributed by atoms with Gasteiger partial charge in [0.05, 0.1) is 5.69 Å². The van der Waals surface area contributed by atoms with Crippen LogP contribution in [-0.4, -0.2) is 40.1 Å². The first-order valence-electron chi connectivity index (χ1n) is 10.2. The molecule has 1 aliphatic rings. The first-order valence-corrected chi connectivity index (χ1v) is 10.5. The predicted molar refractivity (Wildman–Crippen MR) is 120 cm³/mol. The summed E-state index contributed by atoms with van der Waals surface area (Å²) in [6, 6.07) is 15.6. The van der Waals surface area contributed by atoms with Crippen LogP contribution in [0.1, 0.15) is 34.3 Å². The maximum Gasteiger partial charge on any atom is 0.257 e. The van der Waals surface area contributed by atoms with Crippen LogP contribution >= 0.6 is 11.6 Å². The number of aromatic nitrogens is 2. The van der Waals surface area contributed by atoms with E-state index < -0.39 is 0 Å². The van der Waals surface area contributed by atoms with Crippen molar-refractivity contribution in [2.45, 2.75) is 25.3 Å². The number of likely N-dealkylation sites (tertiary alicyclic amines) is 1. The zero-order valence-electron chi connectivity index (χ0n) is 16.9. The summed E-state index contributed by atoms with van der Waals surface area (Å²) in [4.78, 5) is 14.6. The Morgan fingerprint density at radius 2 is 1.90 bits per heavy atom. The number of nitrogens with two attached hydrogens (primary N) is 1. The smallest absolute Gasteiger partial charge is 0.257 e. The molecule has 7 nitrogen and oxygen atoms in total. The Morgan fingerprint density at radius 3 is 2.58 bits per heavy atom. The van der Waals surface area contributed by atoms with Gasteiger partial charge in [-0.2, -0.15) is 10.4 Å². The zero-order chi connectivity index (χ0) is 21.8. The number of carbonyl (C=O) groups excluding carboxylic acids is 1. The number of nitrogens with one attached hydrogen (secondary N) is 2. The van der Waals surface area contributed by atoms with Gasteiger partial charge in [-0.05, 0) is 42.5 Å². The first kappa shape index (κ1) is 20.8. The lowest BCUT2D eigenvalue weighted by Crippen LogP contribution is -2.46. The van der Waals surface area contributed by atoms with Gasteiger partial charge in [0.2, 0.25) is 0 Å². The molecule has 0 saturated carbocycles. The SMILES string of the molecule is N#CN1CCCC(NC(=O)c2c(N)n[nH]c2-c2ccc(Cc3ccc(Cl)cc3)cc2)C1. The third-order valence-corrected chi connectivity index (χ3v) is 5.74. The number of amides is 1. The van der Waals surface area contributed by atoms with Gasteiger partial charge >= 0.3 is 0 Å². The van der Waals surface area contributed by atoms with Crippen molar-refractivity contribution in [3.63, 3.8) is 0 Å². The summed E-state index contributed by atoms with van der Waals surface area (Å²) < 4.78 is 0. The summed E-state index contributed by atoms with van der Waals surface area (Å²) in [5.41, 5.74) is 10.1. The number of halogens is 1. The molecule has 3 aromatic rings. The first-order chi connectivity index (χ1) is 15.0. The van der Waals surface area contributed by atoms with Crippen LogP contribution in [0.3, 0.4) is 0 Å². The van der Waals surface area contributed by atoms with Crippen LogP contribution in [0.15, 0.2) is 48.5 Å². The fourth-order valence-electron chi connectivity index (χ4n) is 3.87. The third-order valence-electron chi connectivity index (χ3n) is 5.48. The maximum absolute atomic E-state index is 13.0. The van der Waals surface area contributed by atoms with Gasteiger partial charge in [0, 0.05) is 29.7 Å². The molecule has 1 amide bonds. The van der Waals surface area contributed by atoms with Gasteiger partial charge in [0.1, 0.15) is 5.56 Å². The predicted octanol–water partition coefficient (Wildman–Crippen LogP) is 3.58. The summed E-state index contributed by atoms with van der Waals surface area (Å²) in [6.45, 7) is 1.24. The highest BCUT2D eigenvalue weighted by Gasteiger charge is 2.25. The van der Waals surface area contributed by atoms with Crippen LogP contribution in [0.4, 0.5) is 5.82 Å². The molecule has 0 bridgehead atoms. The second-order valence-electron chi connectivity index (χ2n) is 7.72.